The second kappa shape index (κ2) is 93.8. The highest BCUT2D eigenvalue weighted by Gasteiger charge is 2.20. The molecule has 0 spiro atoms. The minimum absolute atomic E-state index is 0.139. The highest BCUT2D eigenvalue weighted by molar-refractivity contribution is 5.74. The molecule has 0 aliphatic rings. The van der Waals surface area contributed by atoms with Crippen molar-refractivity contribution in [3.63, 3.8) is 0 Å². The number of methoxy groups -OCH3 is 15. The maximum Gasteiger partial charge on any atom is 0.306 e. The van der Waals surface area contributed by atoms with Crippen LogP contribution < -0.4 is 21.3 Å². The van der Waals surface area contributed by atoms with Crippen molar-refractivity contribution in [2.75, 3.05) is 296 Å². The van der Waals surface area contributed by atoms with Crippen molar-refractivity contribution in [2.45, 2.75) is 193 Å². The Hall–Kier alpha value is -8.39. The van der Waals surface area contributed by atoms with E-state index < -0.39 is 0 Å². The van der Waals surface area contributed by atoms with Gasteiger partial charge in [-0.15, -0.1) is 0 Å². The Bertz CT molecular complexity index is 2800. The summed E-state index contributed by atoms with van der Waals surface area (Å²) in [6.07, 6.45) is 19.4. The van der Waals surface area contributed by atoms with Gasteiger partial charge in [0, 0.05) is 150 Å². The van der Waals surface area contributed by atoms with E-state index in [-0.39, 0.29) is 134 Å². The normalized spacial score (nSPS) is 10.8. The van der Waals surface area contributed by atoms with E-state index in [9.17, 15) is 71.9 Å². The molecule has 0 aliphatic heterocycles. The topological polar surface area (TPSA) is 465 Å². The first-order valence-electron chi connectivity index (χ1n) is 45.5. The van der Waals surface area contributed by atoms with Crippen LogP contribution in [0, 0.1) is 0 Å². The van der Waals surface area contributed by atoms with Gasteiger partial charge in [-0.2, -0.15) is 0 Å². The number of hydrogen-bond acceptors (Lipinski definition) is 41. The molecule has 0 heterocycles. The van der Waals surface area contributed by atoms with Gasteiger partial charge in [0.05, 0.1) is 190 Å². The number of ether oxygens (including phenoxy) is 15. The molecule has 41 heteroatoms. The number of hydrogen-bond donors (Lipinski definition) is 4. The van der Waals surface area contributed by atoms with Crippen molar-refractivity contribution in [1.82, 2.24) is 55.6 Å². The maximum atomic E-state index is 11.6. The predicted octanol–water partition coefficient (Wildman–Crippen LogP) is 3.72. The molecule has 0 aromatic rings. The van der Waals surface area contributed by atoms with Gasteiger partial charge in [0.1, 0.15) is 0 Å². The number of esters is 15. The molecule has 0 atom stereocenters. The Balaban J connectivity index is -0.000000816. The lowest BCUT2D eigenvalue weighted by Gasteiger charge is -2.27. The maximum absolute atomic E-state index is 11.6. The zero-order chi connectivity index (χ0) is 97.9. The van der Waals surface area contributed by atoms with E-state index in [0.717, 1.165) is 175 Å². The van der Waals surface area contributed by atoms with Crippen LogP contribution in [0.3, 0.4) is 0 Å². The van der Waals surface area contributed by atoms with Crippen molar-refractivity contribution in [2.24, 2.45) is 0 Å². The summed E-state index contributed by atoms with van der Waals surface area (Å²) < 4.78 is 70.3. The Morgan fingerprint density at radius 2 is 0.269 bits per heavy atom. The Morgan fingerprint density at radius 1 is 0.131 bits per heavy atom. The van der Waals surface area contributed by atoms with E-state index in [1.54, 1.807) is 0 Å². The third-order valence-corrected chi connectivity index (χ3v) is 20.6. The zero-order valence-corrected chi connectivity index (χ0v) is 81.6. The SMILES string of the molecule is COC(=O)CCCCCNCCCCCN(CCC(=O)OC)CCC(=O)OC.COC(=O)CCCCCNCCN(CCC(=O)OC)CCN(CCC(=O)OC)CCC(=O)OC.COC(=O)CCN(CCCCCNCCN(CCC(=O)OC)CCC(=O)OC)CCC(=O)OC.COC(=O)CCNCCN(CCCCCN(CCC(=O)OC)CCC(=O)OC)CCC(=O)OC. The van der Waals surface area contributed by atoms with Crippen LogP contribution in [-0.2, 0) is 143 Å². The minimum atomic E-state index is -0.304. The van der Waals surface area contributed by atoms with Crippen LogP contribution in [0.25, 0.3) is 0 Å². The minimum Gasteiger partial charge on any atom is -0.469 e. The van der Waals surface area contributed by atoms with Gasteiger partial charge >= 0.3 is 89.5 Å². The number of carbonyl (C=O) groups is 15. The quantitative estimate of drug-likeness (QED) is 0.0383. The van der Waals surface area contributed by atoms with Gasteiger partial charge in [0.25, 0.3) is 0 Å². The summed E-state index contributed by atoms with van der Waals surface area (Å²) in [5.41, 5.74) is 0. The lowest BCUT2D eigenvalue weighted by Crippen LogP contribution is -2.41. The fraction of sp³-hybridized carbons (Fsp3) is 0.831. The number of nitrogens with zero attached hydrogens (tertiary/aromatic N) is 7. The van der Waals surface area contributed by atoms with E-state index in [2.05, 4.69) is 78.9 Å². The van der Waals surface area contributed by atoms with Crippen LogP contribution >= 0.6 is 0 Å². The summed E-state index contributed by atoms with van der Waals surface area (Å²) in [6.45, 7) is 19.6. The molecule has 758 valence electrons. The molecule has 0 unspecified atom stereocenters. The Kier molecular flexibility index (Phi) is 92.3. The average Bonchev–Trinajstić information content (AvgIpc) is 0.915. The fourth-order valence-corrected chi connectivity index (χ4v) is 12.3. The summed E-state index contributed by atoms with van der Waals surface area (Å²) >= 11 is 0. The van der Waals surface area contributed by atoms with Crippen LogP contribution in [0.15, 0.2) is 0 Å². The molecule has 0 aromatic heterocycles. The third-order valence-electron chi connectivity index (χ3n) is 20.6. The first kappa shape index (κ1) is 128. The average molecular weight is 1870 g/mol. The van der Waals surface area contributed by atoms with Gasteiger partial charge < -0.3 is 127 Å². The van der Waals surface area contributed by atoms with E-state index >= 15 is 0 Å². The van der Waals surface area contributed by atoms with Gasteiger partial charge in [-0.05, 0) is 117 Å². The molecule has 0 saturated heterocycles. The molecule has 0 bridgehead atoms. The Labute approximate surface area is 774 Å². The molecule has 4 N–H and O–H groups in total. The molecule has 0 amide bonds. The van der Waals surface area contributed by atoms with Crippen LogP contribution in [0.2, 0.25) is 0 Å². The lowest BCUT2D eigenvalue weighted by molar-refractivity contribution is -0.143. The molecular weight excluding hydrogens is 1700 g/mol. The fourth-order valence-electron chi connectivity index (χ4n) is 12.3. The molecule has 0 radical (unpaired) electrons. The van der Waals surface area contributed by atoms with Gasteiger partial charge in [-0.25, -0.2) is 0 Å². The van der Waals surface area contributed by atoms with E-state index in [0.29, 0.717) is 163 Å². The highest BCUT2D eigenvalue weighted by atomic mass is 16.6. The van der Waals surface area contributed by atoms with E-state index in [4.69, 9.17) is 37.9 Å². The molecule has 0 fully saturated rings. The first-order chi connectivity index (χ1) is 62.6. The smallest absolute Gasteiger partial charge is 0.306 e. The van der Waals surface area contributed by atoms with Crippen LogP contribution in [0.1, 0.15) is 193 Å². The number of unbranched alkanes of at least 4 members (excludes halogenated alkanes) is 10. The van der Waals surface area contributed by atoms with Crippen molar-refractivity contribution in [1.29, 1.82) is 0 Å². The van der Waals surface area contributed by atoms with Crippen molar-refractivity contribution in [3.8, 4) is 0 Å². The van der Waals surface area contributed by atoms with Gasteiger partial charge in [0.2, 0.25) is 0 Å². The second-order valence-electron chi connectivity index (χ2n) is 30.1. The Morgan fingerprint density at radius 3 is 0.477 bits per heavy atom. The van der Waals surface area contributed by atoms with Crippen LogP contribution in [0.5, 0.6) is 0 Å². The summed E-state index contributed by atoms with van der Waals surface area (Å²) in [6, 6.07) is 0. The lowest BCUT2D eigenvalue weighted by atomic mass is 10.2. The number of carbonyl (C=O) groups excluding carboxylic acids is 15. The molecule has 0 aromatic carbocycles. The number of nitrogens with one attached hydrogen (secondary N) is 4. The van der Waals surface area contributed by atoms with Gasteiger partial charge in [-0.1, -0.05) is 32.1 Å². The monoisotopic (exact) mass is 1870 g/mol. The van der Waals surface area contributed by atoms with Gasteiger partial charge in [-0.3, -0.25) is 71.9 Å². The van der Waals surface area contributed by atoms with E-state index in [1.165, 1.54) is 107 Å². The van der Waals surface area contributed by atoms with Gasteiger partial charge in [0.15, 0.2) is 0 Å². The summed E-state index contributed by atoms with van der Waals surface area (Å²) in [7, 11) is 20.6. The summed E-state index contributed by atoms with van der Waals surface area (Å²) in [5.74, 6) is -3.78. The zero-order valence-electron chi connectivity index (χ0n) is 81.6. The van der Waals surface area contributed by atoms with Crippen molar-refractivity contribution >= 4 is 89.5 Å². The molecule has 0 aliphatic carbocycles. The molecular formula is C89H167N11O30. The standard InChI is InChI=1S/3C23H43N3O8.C20H38N2O6/c1-31-20(27)8-12-24-13-19-26(18-11-23(30)34-4)15-7-5-6-14-25(16-9-21(28)32-2)17-10-22(29)33-3;1-31-20(27)8-15-25(16-9-21(28)32-2)14-7-5-6-12-24-13-19-26(17-10-22(29)33-3)18-11-23(30)34-4;1-31-20(27)8-6-5-7-12-24-13-17-26(16-11-23(30)34-4)19-18-25(14-9-21(28)32-2)15-10-22(29)33-3;1-26-18(23)10-6-4-7-13-21-14-8-5-9-15-22(16-11-19(24)27-2)17-12-20(25)28-3/h3*24H,5-19H2,1-4H3;21H,4-17H2,1-3H3. The molecule has 41 nitrogen and oxygen atoms in total. The first-order valence-corrected chi connectivity index (χ1v) is 45.5. The predicted molar refractivity (Wildman–Crippen MR) is 485 cm³/mol. The molecule has 0 rings (SSSR count). The van der Waals surface area contributed by atoms with E-state index in [1.807, 2.05) is 9.80 Å². The molecule has 130 heavy (non-hydrogen) atoms. The third kappa shape index (κ3) is 87.6. The van der Waals surface area contributed by atoms with Crippen molar-refractivity contribution in [3.05, 3.63) is 0 Å². The highest BCUT2D eigenvalue weighted by Crippen LogP contribution is 2.11. The summed E-state index contributed by atoms with van der Waals surface area (Å²) in [4.78, 5) is 185. The second-order valence-corrected chi connectivity index (χ2v) is 30.1. The largest absolute Gasteiger partial charge is 0.469 e. The summed E-state index contributed by atoms with van der Waals surface area (Å²) in [5, 5.41) is 13.4. The number of rotatable bonds is 81. The van der Waals surface area contributed by atoms with Crippen LogP contribution in [-0.4, -0.2) is 420 Å². The van der Waals surface area contributed by atoms with Crippen LogP contribution in [0.4, 0.5) is 0 Å². The van der Waals surface area contributed by atoms with Crippen molar-refractivity contribution < 1.29 is 143 Å². The molecule has 0 saturated carbocycles.